The fourth-order valence-corrected chi connectivity index (χ4v) is 5.74. The summed E-state index contributed by atoms with van der Waals surface area (Å²) in [6.45, 7) is 7.74. The SMILES string of the molecule is CCCSc1ncccc1C(=O)N1CCc2cnc(N3CCN(C4CCC4)CC3)nc2CC1. The van der Waals surface area contributed by atoms with Crippen molar-refractivity contribution in [2.45, 2.75) is 56.5 Å². The predicted octanol–water partition coefficient (Wildman–Crippen LogP) is 3.29. The maximum absolute atomic E-state index is 13.3. The van der Waals surface area contributed by atoms with E-state index < -0.39 is 0 Å². The molecule has 5 rings (SSSR count). The van der Waals surface area contributed by atoms with Crippen molar-refractivity contribution in [3.63, 3.8) is 0 Å². The zero-order valence-corrected chi connectivity index (χ0v) is 20.4. The van der Waals surface area contributed by atoms with Gasteiger partial charge in [-0.1, -0.05) is 13.3 Å². The third-order valence-corrected chi connectivity index (χ3v) is 8.34. The van der Waals surface area contributed by atoms with Crippen molar-refractivity contribution in [1.82, 2.24) is 24.8 Å². The first-order valence-electron chi connectivity index (χ1n) is 12.4. The summed E-state index contributed by atoms with van der Waals surface area (Å²) in [4.78, 5) is 34.4. The highest BCUT2D eigenvalue weighted by Gasteiger charge is 2.29. The molecule has 0 radical (unpaired) electrons. The van der Waals surface area contributed by atoms with E-state index in [1.807, 2.05) is 23.2 Å². The van der Waals surface area contributed by atoms with Gasteiger partial charge in [0.25, 0.3) is 5.91 Å². The smallest absolute Gasteiger partial charge is 0.256 e. The molecular formula is C25H34N6OS. The van der Waals surface area contributed by atoms with Crippen LogP contribution in [0.25, 0.3) is 0 Å². The molecule has 8 heteroatoms. The average Bonchev–Trinajstić information content (AvgIpc) is 3.04. The van der Waals surface area contributed by atoms with E-state index in [-0.39, 0.29) is 5.91 Å². The van der Waals surface area contributed by atoms with Crippen LogP contribution in [0, 0.1) is 0 Å². The Kier molecular flexibility index (Phi) is 7.11. The molecule has 0 bridgehead atoms. The van der Waals surface area contributed by atoms with Gasteiger partial charge < -0.3 is 9.80 Å². The van der Waals surface area contributed by atoms with Crippen LogP contribution in [0.4, 0.5) is 5.95 Å². The molecule has 1 aliphatic carbocycles. The number of aromatic nitrogens is 3. The van der Waals surface area contributed by atoms with Gasteiger partial charge in [-0.3, -0.25) is 9.69 Å². The van der Waals surface area contributed by atoms with Crippen LogP contribution in [0.15, 0.2) is 29.6 Å². The number of hydrogen-bond acceptors (Lipinski definition) is 7. The van der Waals surface area contributed by atoms with Crippen LogP contribution in [0.1, 0.15) is 54.2 Å². The summed E-state index contributed by atoms with van der Waals surface area (Å²) in [5.41, 5.74) is 3.00. The third kappa shape index (κ3) is 5.01. The van der Waals surface area contributed by atoms with E-state index in [4.69, 9.17) is 9.97 Å². The number of anilines is 1. The van der Waals surface area contributed by atoms with Crippen LogP contribution >= 0.6 is 11.8 Å². The topological polar surface area (TPSA) is 65.5 Å². The lowest BCUT2D eigenvalue weighted by Gasteiger charge is -2.43. The predicted molar refractivity (Wildman–Crippen MR) is 132 cm³/mol. The Balaban J connectivity index is 1.23. The Hall–Kier alpha value is -2.19. The van der Waals surface area contributed by atoms with Crippen LogP contribution in [-0.4, -0.2) is 81.7 Å². The number of carbonyl (C=O) groups excluding carboxylic acids is 1. The summed E-state index contributed by atoms with van der Waals surface area (Å²) < 4.78 is 0. The number of amides is 1. The summed E-state index contributed by atoms with van der Waals surface area (Å²) in [7, 11) is 0. The minimum Gasteiger partial charge on any atom is -0.338 e. The molecule has 1 saturated heterocycles. The molecule has 4 heterocycles. The highest BCUT2D eigenvalue weighted by atomic mass is 32.2. The van der Waals surface area contributed by atoms with Gasteiger partial charge in [-0.05, 0) is 49.1 Å². The van der Waals surface area contributed by atoms with Gasteiger partial charge >= 0.3 is 0 Å². The first kappa shape index (κ1) is 22.6. The molecule has 2 aromatic rings. The quantitative estimate of drug-likeness (QED) is 0.605. The van der Waals surface area contributed by atoms with Crippen LogP contribution in [0.3, 0.4) is 0 Å². The second kappa shape index (κ2) is 10.4. The van der Waals surface area contributed by atoms with Gasteiger partial charge in [-0.2, -0.15) is 0 Å². The Labute approximate surface area is 201 Å². The van der Waals surface area contributed by atoms with Crippen LogP contribution < -0.4 is 4.90 Å². The van der Waals surface area contributed by atoms with Crippen molar-refractivity contribution in [1.29, 1.82) is 0 Å². The molecule has 0 unspecified atom stereocenters. The first-order chi connectivity index (χ1) is 16.2. The third-order valence-electron chi connectivity index (χ3n) is 7.13. The molecule has 7 nitrogen and oxygen atoms in total. The summed E-state index contributed by atoms with van der Waals surface area (Å²) >= 11 is 1.67. The van der Waals surface area contributed by atoms with Gasteiger partial charge in [-0.15, -0.1) is 11.8 Å². The van der Waals surface area contributed by atoms with Gasteiger partial charge in [0.05, 0.1) is 11.3 Å². The number of thioether (sulfide) groups is 1. The molecule has 176 valence electrons. The zero-order valence-electron chi connectivity index (χ0n) is 19.6. The standard InChI is InChI=1S/C25H34N6OS/c1-2-17-33-23-21(7-4-10-26-23)24(32)30-11-8-19-18-27-25(28-22(19)9-12-30)31-15-13-29(14-16-31)20-5-3-6-20/h4,7,10,18,20H,2-3,5-6,8-9,11-17H2,1H3. The van der Waals surface area contributed by atoms with Crippen molar-refractivity contribution in [3.05, 3.63) is 41.3 Å². The highest BCUT2D eigenvalue weighted by Crippen LogP contribution is 2.27. The van der Waals surface area contributed by atoms with E-state index in [1.54, 1.807) is 18.0 Å². The number of carbonyl (C=O) groups is 1. The summed E-state index contributed by atoms with van der Waals surface area (Å²) in [6, 6.07) is 4.58. The number of piperazine rings is 1. The minimum absolute atomic E-state index is 0.0785. The normalized spacial score (nSPS) is 19.7. The second-order valence-electron chi connectivity index (χ2n) is 9.25. The Morgan fingerprint density at radius 1 is 1.09 bits per heavy atom. The van der Waals surface area contributed by atoms with Crippen molar-refractivity contribution < 1.29 is 4.79 Å². The van der Waals surface area contributed by atoms with E-state index in [9.17, 15) is 4.79 Å². The molecule has 3 aliphatic rings. The molecule has 33 heavy (non-hydrogen) atoms. The van der Waals surface area contributed by atoms with Crippen molar-refractivity contribution in [3.8, 4) is 0 Å². The van der Waals surface area contributed by atoms with Crippen molar-refractivity contribution in [2.75, 3.05) is 49.9 Å². The number of hydrogen-bond donors (Lipinski definition) is 0. The van der Waals surface area contributed by atoms with E-state index >= 15 is 0 Å². The summed E-state index contributed by atoms with van der Waals surface area (Å²) in [5, 5.41) is 0.842. The Morgan fingerprint density at radius 2 is 1.91 bits per heavy atom. The lowest BCUT2D eigenvalue weighted by molar-refractivity contribution is 0.0758. The maximum Gasteiger partial charge on any atom is 0.256 e. The molecule has 0 spiro atoms. The minimum atomic E-state index is 0.0785. The maximum atomic E-state index is 13.3. The first-order valence-corrected chi connectivity index (χ1v) is 13.4. The molecule has 0 aromatic carbocycles. The van der Waals surface area contributed by atoms with E-state index in [0.29, 0.717) is 13.1 Å². The highest BCUT2D eigenvalue weighted by molar-refractivity contribution is 7.99. The van der Waals surface area contributed by atoms with Gasteiger partial charge in [0, 0.05) is 64.1 Å². The second-order valence-corrected chi connectivity index (χ2v) is 10.3. The summed E-state index contributed by atoms with van der Waals surface area (Å²) in [5.74, 6) is 1.90. The molecule has 2 aliphatic heterocycles. The number of pyridine rings is 1. The largest absolute Gasteiger partial charge is 0.338 e. The molecular weight excluding hydrogens is 432 g/mol. The van der Waals surface area contributed by atoms with Crippen molar-refractivity contribution >= 4 is 23.6 Å². The fraction of sp³-hybridized carbons (Fsp3) is 0.600. The molecule has 1 saturated carbocycles. The number of nitrogens with zero attached hydrogens (tertiary/aromatic N) is 6. The van der Waals surface area contributed by atoms with E-state index in [0.717, 1.165) is 79.5 Å². The monoisotopic (exact) mass is 466 g/mol. The van der Waals surface area contributed by atoms with Crippen LogP contribution in [0.5, 0.6) is 0 Å². The van der Waals surface area contributed by atoms with E-state index in [1.165, 1.54) is 24.8 Å². The van der Waals surface area contributed by atoms with E-state index in [2.05, 4.69) is 21.7 Å². The van der Waals surface area contributed by atoms with Gasteiger partial charge in [-0.25, -0.2) is 15.0 Å². The summed E-state index contributed by atoms with van der Waals surface area (Å²) in [6.07, 6.45) is 10.5. The lowest BCUT2D eigenvalue weighted by Crippen LogP contribution is -2.52. The van der Waals surface area contributed by atoms with Gasteiger partial charge in [0.15, 0.2) is 0 Å². The van der Waals surface area contributed by atoms with Gasteiger partial charge in [0.1, 0.15) is 5.03 Å². The number of fused-ring (bicyclic) bond motifs is 1. The van der Waals surface area contributed by atoms with Crippen molar-refractivity contribution in [2.24, 2.45) is 0 Å². The average molecular weight is 467 g/mol. The molecule has 0 N–H and O–H groups in total. The Morgan fingerprint density at radius 3 is 2.67 bits per heavy atom. The van der Waals surface area contributed by atoms with Gasteiger partial charge in [0.2, 0.25) is 5.95 Å². The zero-order chi connectivity index (χ0) is 22.6. The van der Waals surface area contributed by atoms with Crippen LogP contribution in [0.2, 0.25) is 0 Å². The number of rotatable bonds is 6. The lowest BCUT2D eigenvalue weighted by atomic mass is 9.91. The Bertz CT molecular complexity index is 973. The molecule has 1 amide bonds. The molecule has 0 atom stereocenters. The molecule has 2 fully saturated rings. The molecule has 2 aromatic heterocycles. The fourth-order valence-electron chi connectivity index (χ4n) is 4.90. The van der Waals surface area contributed by atoms with Crippen LogP contribution in [-0.2, 0) is 12.8 Å².